The van der Waals surface area contributed by atoms with Crippen molar-refractivity contribution in [3.8, 4) is 0 Å². The maximum Gasteiger partial charge on any atom is 0.242 e. The summed E-state index contributed by atoms with van der Waals surface area (Å²) in [6.07, 6.45) is 2.44. The largest absolute Gasteiger partial charge is 0.354 e. The van der Waals surface area contributed by atoms with E-state index in [2.05, 4.69) is 31.3 Å². The van der Waals surface area contributed by atoms with Crippen LogP contribution in [0.5, 0.6) is 0 Å². The van der Waals surface area contributed by atoms with E-state index in [4.69, 9.17) is 0 Å². The third kappa shape index (κ3) is 7.72. The Hall–Kier alpha value is -2.62. The van der Waals surface area contributed by atoms with E-state index < -0.39 is 6.04 Å². The van der Waals surface area contributed by atoms with Crippen LogP contribution >= 0.6 is 0 Å². The van der Waals surface area contributed by atoms with Gasteiger partial charge in [0, 0.05) is 19.5 Å². The first kappa shape index (κ1) is 22.7. The molecule has 4 heteroatoms. The van der Waals surface area contributed by atoms with Gasteiger partial charge in [-0.15, -0.1) is 0 Å². The Bertz CT molecular complexity index is 744. The van der Waals surface area contributed by atoms with Crippen LogP contribution in [0, 0.1) is 5.92 Å². The number of hydrogen-bond donors (Lipinski definition) is 1. The van der Waals surface area contributed by atoms with Crippen LogP contribution in [0.1, 0.15) is 44.7 Å². The normalized spacial score (nSPS) is 11.9. The van der Waals surface area contributed by atoms with E-state index >= 15 is 0 Å². The van der Waals surface area contributed by atoms with Gasteiger partial charge in [0.15, 0.2) is 0 Å². The molecule has 2 aromatic rings. The van der Waals surface area contributed by atoms with E-state index in [1.54, 1.807) is 4.90 Å². The van der Waals surface area contributed by atoms with Gasteiger partial charge >= 0.3 is 0 Å². The Labute approximate surface area is 175 Å². The molecule has 0 fully saturated rings. The van der Waals surface area contributed by atoms with Crippen molar-refractivity contribution in [3.05, 3.63) is 71.8 Å². The van der Waals surface area contributed by atoms with Gasteiger partial charge in [0.2, 0.25) is 11.8 Å². The highest BCUT2D eigenvalue weighted by Gasteiger charge is 2.27. The van der Waals surface area contributed by atoms with Gasteiger partial charge in [0.05, 0.1) is 0 Å². The maximum absolute atomic E-state index is 13.1. The highest BCUT2D eigenvalue weighted by molar-refractivity contribution is 5.87. The standard InChI is InChI=1S/C25H34N2O2/c1-4-23(25(29)26-19-20(2)3)27(18-17-22-13-9-6-10-14-22)24(28)16-15-21-11-7-5-8-12-21/h5-14,20,23H,4,15-19H2,1-3H3,(H,26,29). The molecular formula is C25H34N2O2. The Morgan fingerprint density at radius 3 is 1.97 bits per heavy atom. The average molecular weight is 395 g/mol. The Morgan fingerprint density at radius 2 is 1.45 bits per heavy atom. The van der Waals surface area contributed by atoms with Gasteiger partial charge in [-0.1, -0.05) is 81.4 Å². The maximum atomic E-state index is 13.1. The summed E-state index contributed by atoms with van der Waals surface area (Å²) in [6.45, 7) is 7.28. The molecule has 0 spiro atoms. The highest BCUT2D eigenvalue weighted by atomic mass is 16.2. The predicted octanol–water partition coefficient (Wildman–Crippen LogP) is 4.24. The number of nitrogens with zero attached hydrogens (tertiary/aromatic N) is 1. The van der Waals surface area contributed by atoms with E-state index in [1.165, 1.54) is 5.56 Å². The number of rotatable bonds is 11. The second kappa shape index (κ2) is 12.1. The average Bonchev–Trinajstić information content (AvgIpc) is 2.74. The molecule has 2 amide bonds. The molecule has 0 aliphatic carbocycles. The summed E-state index contributed by atoms with van der Waals surface area (Å²) in [4.78, 5) is 27.7. The van der Waals surface area contributed by atoms with Crippen LogP contribution in [0.15, 0.2) is 60.7 Å². The third-order valence-corrected chi connectivity index (χ3v) is 5.03. The molecule has 0 heterocycles. The summed E-state index contributed by atoms with van der Waals surface area (Å²) < 4.78 is 0. The smallest absolute Gasteiger partial charge is 0.242 e. The van der Waals surface area contributed by atoms with Crippen molar-refractivity contribution < 1.29 is 9.59 Å². The summed E-state index contributed by atoms with van der Waals surface area (Å²) in [5.74, 6) is 0.363. The van der Waals surface area contributed by atoms with Crippen LogP contribution < -0.4 is 5.32 Å². The second-order valence-corrected chi connectivity index (χ2v) is 7.87. The zero-order valence-electron chi connectivity index (χ0n) is 17.9. The Kier molecular flexibility index (Phi) is 9.42. The molecule has 2 aromatic carbocycles. The quantitative estimate of drug-likeness (QED) is 0.620. The van der Waals surface area contributed by atoms with Gasteiger partial charge in [-0.3, -0.25) is 9.59 Å². The molecular weight excluding hydrogens is 360 g/mol. The minimum Gasteiger partial charge on any atom is -0.354 e. The molecule has 0 radical (unpaired) electrons. The van der Waals surface area contributed by atoms with Gasteiger partial charge in [-0.05, 0) is 36.3 Å². The van der Waals surface area contributed by atoms with Gasteiger partial charge in [0.25, 0.3) is 0 Å². The van der Waals surface area contributed by atoms with Crippen molar-refractivity contribution in [2.75, 3.05) is 13.1 Å². The Morgan fingerprint density at radius 1 is 0.897 bits per heavy atom. The minimum atomic E-state index is -0.430. The summed E-state index contributed by atoms with van der Waals surface area (Å²) >= 11 is 0. The SMILES string of the molecule is CCC(C(=O)NCC(C)C)N(CCc1ccccc1)C(=O)CCc1ccccc1. The molecule has 29 heavy (non-hydrogen) atoms. The molecule has 1 N–H and O–H groups in total. The second-order valence-electron chi connectivity index (χ2n) is 7.87. The number of carbonyl (C=O) groups is 2. The number of nitrogens with one attached hydrogen (secondary N) is 1. The molecule has 1 atom stereocenters. The number of aryl methyl sites for hydroxylation is 1. The molecule has 0 bridgehead atoms. The van der Waals surface area contributed by atoms with Crippen LogP contribution in [0.4, 0.5) is 0 Å². The van der Waals surface area contributed by atoms with Crippen LogP contribution in [0.3, 0.4) is 0 Å². The zero-order valence-corrected chi connectivity index (χ0v) is 17.9. The number of amides is 2. The first-order valence-corrected chi connectivity index (χ1v) is 10.7. The fourth-order valence-electron chi connectivity index (χ4n) is 3.36. The molecule has 0 aliphatic rings. The van der Waals surface area contributed by atoms with E-state index in [9.17, 15) is 9.59 Å². The lowest BCUT2D eigenvalue weighted by Gasteiger charge is -2.31. The number of carbonyl (C=O) groups excluding carboxylic acids is 2. The van der Waals surface area contributed by atoms with E-state index in [0.29, 0.717) is 38.3 Å². The summed E-state index contributed by atoms with van der Waals surface area (Å²) in [5, 5.41) is 3.01. The van der Waals surface area contributed by atoms with E-state index in [1.807, 2.05) is 55.5 Å². The van der Waals surface area contributed by atoms with Crippen molar-refractivity contribution in [1.29, 1.82) is 0 Å². The summed E-state index contributed by atoms with van der Waals surface area (Å²) in [7, 11) is 0. The van der Waals surface area contributed by atoms with Crippen LogP contribution in [0.25, 0.3) is 0 Å². The molecule has 0 aliphatic heterocycles. The minimum absolute atomic E-state index is 0.0383. The molecule has 156 valence electrons. The zero-order chi connectivity index (χ0) is 21.1. The number of benzene rings is 2. The summed E-state index contributed by atoms with van der Waals surface area (Å²) in [6, 6.07) is 19.7. The van der Waals surface area contributed by atoms with Crippen molar-refractivity contribution in [3.63, 3.8) is 0 Å². The predicted molar refractivity (Wildman–Crippen MR) is 119 cm³/mol. The molecule has 0 saturated heterocycles. The van der Waals surface area contributed by atoms with E-state index in [0.717, 1.165) is 12.0 Å². The lowest BCUT2D eigenvalue weighted by atomic mass is 10.1. The van der Waals surface area contributed by atoms with Gasteiger partial charge < -0.3 is 10.2 Å². The third-order valence-electron chi connectivity index (χ3n) is 5.03. The first-order valence-electron chi connectivity index (χ1n) is 10.7. The summed E-state index contributed by atoms with van der Waals surface area (Å²) in [5.41, 5.74) is 2.31. The lowest BCUT2D eigenvalue weighted by molar-refractivity contribution is -0.140. The van der Waals surface area contributed by atoms with Gasteiger partial charge in [-0.25, -0.2) is 0 Å². The van der Waals surface area contributed by atoms with Crippen molar-refractivity contribution in [1.82, 2.24) is 10.2 Å². The van der Waals surface area contributed by atoms with Gasteiger partial charge in [0.1, 0.15) is 6.04 Å². The molecule has 2 rings (SSSR count). The van der Waals surface area contributed by atoms with Crippen LogP contribution in [-0.2, 0) is 22.4 Å². The molecule has 0 saturated carbocycles. The molecule has 0 aromatic heterocycles. The fourth-order valence-corrected chi connectivity index (χ4v) is 3.36. The fraction of sp³-hybridized carbons (Fsp3) is 0.440. The van der Waals surface area contributed by atoms with Crippen molar-refractivity contribution in [2.45, 2.75) is 52.5 Å². The number of hydrogen-bond acceptors (Lipinski definition) is 2. The van der Waals surface area contributed by atoms with Crippen LogP contribution in [0.2, 0.25) is 0 Å². The van der Waals surface area contributed by atoms with Crippen LogP contribution in [-0.4, -0.2) is 35.8 Å². The monoisotopic (exact) mass is 394 g/mol. The first-order chi connectivity index (χ1) is 14.0. The van der Waals surface area contributed by atoms with E-state index in [-0.39, 0.29) is 11.8 Å². The highest BCUT2D eigenvalue weighted by Crippen LogP contribution is 2.13. The molecule has 1 unspecified atom stereocenters. The van der Waals surface area contributed by atoms with Crippen molar-refractivity contribution in [2.24, 2.45) is 5.92 Å². The lowest BCUT2D eigenvalue weighted by Crippen LogP contribution is -2.50. The van der Waals surface area contributed by atoms with Gasteiger partial charge in [-0.2, -0.15) is 0 Å². The Balaban J connectivity index is 2.09. The topological polar surface area (TPSA) is 49.4 Å². The molecule has 4 nitrogen and oxygen atoms in total. The van der Waals surface area contributed by atoms with Crippen molar-refractivity contribution >= 4 is 11.8 Å².